The van der Waals surface area contributed by atoms with Crippen LogP contribution in [0.25, 0.3) is 0 Å². The molecule has 1 fully saturated rings. The zero-order chi connectivity index (χ0) is 11.5. The van der Waals surface area contributed by atoms with Gasteiger partial charge in [0, 0.05) is 18.8 Å². The van der Waals surface area contributed by atoms with E-state index in [2.05, 4.69) is 21.5 Å². The van der Waals surface area contributed by atoms with E-state index >= 15 is 0 Å². The van der Waals surface area contributed by atoms with Gasteiger partial charge in [-0.1, -0.05) is 0 Å². The second-order valence-electron chi connectivity index (χ2n) is 5.01. The summed E-state index contributed by atoms with van der Waals surface area (Å²) in [5.74, 6) is 0.780. The zero-order valence-corrected chi connectivity index (χ0v) is 10.3. The fourth-order valence-electron chi connectivity index (χ4n) is 2.39. The number of hydrogen-bond acceptors (Lipinski definition) is 3. The number of nitrogens with zero attached hydrogens (tertiary/aromatic N) is 3. The molecule has 1 atom stereocenters. The maximum atomic E-state index is 5.92. The first kappa shape index (κ1) is 11.6. The number of piperidine rings is 1. The molecule has 4 heteroatoms. The molecule has 0 bridgehead atoms. The van der Waals surface area contributed by atoms with Crippen LogP contribution in [0.3, 0.4) is 0 Å². The van der Waals surface area contributed by atoms with Crippen LogP contribution in [0.5, 0.6) is 0 Å². The zero-order valence-electron chi connectivity index (χ0n) is 10.3. The summed E-state index contributed by atoms with van der Waals surface area (Å²) < 4.78 is 2.22. The van der Waals surface area contributed by atoms with Gasteiger partial charge in [0.05, 0.1) is 12.0 Å². The van der Waals surface area contributed by atoms with Gasteiger partial charge in [0.15, 0.2) is 0 Å². The molecule has 2 rings (SSSR count). The summed E-state index contributed by atoms with van der Waals surface area (Å²) in [6.45, 7) is 5.52. The van der Waals surface area contributed by atoms with E-state index in [0.29, 0.717) is 0 Å². The van der Waals surface area contributed by atoms with Crippen LogP contribution in [-0.2, 0) is 6.54 Å². The molecule has 16 heavy (non-hydrogen) atoms. The van der Waals surface area contributed by atoms with Crippen LogP contribution < -0.4 is 5.73 Å². The van der Waals surface area contributed by atoms with Crippen LogP contribution in [-0.4, -0.2) is 34.6 Å². The number of rotatable bonds is 3. The Bertz CT molecular complexity index is 324. The number of likely N-dealkylation sites (tertiary alicyclic amines) is 1. The molecular weight excluding hydrogens is 200 g/mol. The lowest BCUT2D eigenvalue weighted by Crippen LogP contribution is -2.32. The van der Waals surface area contributed by atoms with Crippen molar-refractivity contribution in [3.05, 3.63) is 18.2 Å². The van der Waals surface area contributed by atoms with Crippen molar-refractivity contribution in [3.63, 3.8) is 0 Å². The Morgan fingerprint density at radius 3 is 2.81 bits per heavy atom. The van der Waals surface area contributed by atoms with Crippen molar-refractivity contribution in [2.75, 3.05) is 20.1 Å². The molecule has 1 aromatic rings. The first-order valence-electron chi connectivity index (χ1n) is 6.11. The van der Waals surface area contributed by atoms with Crippen LogP contribution in [0.2, 0.25) is 0 Å². The SMILES string of the molecule is C[C@H](N)c1cncn1CC1CCN(C)CC1. The highest BCUT2D eigenvalue weighted by Gasteiger charge is 2.18. The molecule has 0 amide bonds. The van der Waals surface area contributed by atoms with Gasteiger partial charge >= 0.3 is 0 Å². The molecular formula is C12H22N4. The molecule has 1 aromatic heterocycles. The highest BCUT2D eigenvalue weighted by atomic mass is 15.1. The lowest BCUT2D eigenvalue weighted by Gasteiger charge is -2.29. The second kappa shape index (κ2) is 4.97. The predicted octanol–water partition coefficient (Wildman–Crippen LogP) is 1.24. The molecule has 4 nitrogen and oxygen atoms in total. The number of nitrogens with two attached hydrogens (primary N) is 1. The highest BCUT2D eigenvalue weighted by molar-refractivity contribution is 5.03. The van der Waals surface area contributed by atoms with Gasteiger partial charge in [-0.15, -0.1) is 0 Å². The van der Waals surface area contributed by atoms with Gasteiger partial charge in [0.2, 0.25) is 0 Å². The quantitative estimate of drug-likeness (QED) is 0.837. The molecule has 0 saturated carbocycles. The minimum atomic E-state index is 0.0776. The van der Waals surface area contributed by atoms with Crippen LogP contribution in [0, 0.1) is 5.92 Å². The minimum Gasteiger partial charge on any atom is -0.333 e. The minimum absolute atomic E-state index is 0.0776. The third kappa shape index (κ3) is 2.62. The van der Waals surface area contributed by atoms with Gasteiger partial charge < -0.3 is 15.2 Å². The standard InChI is InChI=1S/C12H22N4/c1-10(13)12-7-14-9-16(12)8-11-3-5-15(2)6-4-11/h7,9-11H,3-6,8,13H2,1-2H3/t10-/m0/s1. The Hall–Kier alpha value is -0.870. The Balaban J connectivity index is 1.96. The third-order valence-corrected chi connectivity index (χ3v) is 3.50. The summed E-state index contributed by atoms with van der Waals surface area (Å²) in [5.41, 5.74) is 7.07. The van der Waals surface area contributed by atoms with Crippen molar-refractivity contribution < 1.29 is 0 Å². The molecule has 0 aromatic carbocycles. The van der Waals surface area contributed by atoms with Gasteiger partial charge in [0.25, 0.3) is 0 Å². The van der Waals surface area contributed by atoms with E-state index < -0.39 is 0 Å². The van der Waals surface area contributed by atoms with Crippen molar-refractivity contribution in [1.82, 2.24) is 14.5 Å². The first-order chi connectivity index (χ1) is 7.66. The van der Waals surface area contributed by atoms with Crippen LogP contribution in [0.15, 0.2) is 12.5 Å². The van der Waals surface area contributed by atoms with Crippen LogP contribution in [0.4, 0.5) is 0 Å². The lowest BCUT2D eigenvalue weighted by molar-refractivity contribution is 0.204. The number of hydrogen-bond donors (Lipinski definition) is 1. The fraction of sp³-hybridized carbons (Fsp3) is 0.750. The predicted molar refractivity (Wildman–Crippen MR) is 65.1 cm³/mol. The summed E-state index contributed by atoms with van der Waals surface area (Å²) in [6, 6.07) is 0.0776. The summed E-state index contributed by atoms with van der Waals surface area (Å²) in [5, 5.41) is 0. The fourth-order valence-corrected chi connectivity index (χ4v) is 2.39. The summed E-state index contributed by atoms with van der Waals surface area (Å²) in [6.07, 6.45) is 6.37. The Labute approximate surface area is 97.4 Å². The van der Waals surface area contributed by atoms with E-state index in [1.807, 2.05) is 19.4 Å². The van der Waals surface area contributed by atoms with Gasteiger partial charge in [0.1, 0.15) is 0 Å². The second-order valence-corrected chi connectivity index (χ2v) is 5.01. The van der Waals surface area contributed by atoms with Gasteiger partial charge in [-0.05, 0) is 45.8 Å². The topological polar surface area (TPSA) is 47.1 Å². The smallest absolute Gasteiger partial charge is 0.0948 e. The molecule has 90 valence electrons. The van der Waals surface area contributed by atoms with Crippen molar-refractivity contribution >= 4 is 0 Å². The van der Waals surface area contributed by atoms with Gasteiger partial charge in [-0.2, -0.15) is 0 Å². The molecule has 0 unspecified atom stereocenters. The monoisotopic (exact) mass is 222 g/mol. The van der Waals surface area contributed by atoms with E-state index in [0.717, 1.165) is 18.2 Å². The van der Waals surface area contributed by atoms with Crippen molar-refractivity contribution in [2.45, 2.75) is 32.4 Å². The summed E-state index contributed by atoms with van der Waals surface area (Å²) in [7, 11) is 2.20. The van der Waals surface area contributed by atoms with Crippen molar-refractivity contribution in [2.24, 2.45) is 11.7 Å². The average Bonchev–Trinajstić information content (AvgIpc) is 2.69. The van der Waals surface area contributed by atoms with E-state index in [9.17, 15) is 0 Å². The van der Waals surface area contributed by atoms with Crippen molar-refractivity contribution in [1.29, 1.82) is 0 Å². The molecule has 0 spiro atoms. The Morgan fingerprint density at radius 2 is 2.19 bits per heavy atom. The molecule has 1 aliphatic heterocycles. The van der Waals surface area contributed by atoms with E-state index in [1.165, 1.54) is 25.9 Å². The average molecular weight is 222 g/mol. The van der Waals surface area contributed by atoms with E-state index in [1.54, 1.807) is 0 Å². The highest BCUT2D eigenvalue weighted by Crippen LogP contribution is 2.20. The largest absolute Gasteiger partial charge is 0.333 e. The summed E-state index contributed by atoms with van der Waals surface area (Å²) >= 11 is 0. The molecule has 0 radical (unpaired) electrons. The first-order valence-corrected chi connectivity index (χ1v) is 6.11. The maximum absolute atomic E-state index is 5.92. The molecule has 1 aliphatic rings. The molecule has 2 N–H and O–H groups in total. The van der Waals surface area contributed by atoms with Gasteiger partial charge in [-0.3, -0.25) is 0 Å². The number of imidazole rings is 1. The Morgan fingerprint density at radius 1 is 1.50 bits per heavy atom. The van der Waals surface area contributed by atoms with E-state index in [-0.39, 0.29) is 6.04 Å². The normalized spacial score (nSPS) is 21.2. The van der Waals surface area contributed by atoms with Gasteiger partial charge in [-0.25, -0.2) is 4.98 Å². The van der Waals surface area contributed by atoms with Crippen molar-refractivity contribution in [3.8, 4) is 0 Å². The summed E-state index contributed by atoms with van der Waals surface area (Å²) in [4.78, 5) is 6.60. The van der Waals surface area contributed by atoms with Crippen LogP contribution in [0.1, 0.15) is 31.5 Å². The van der Waals surface area contributed by atoms with Crippen LogP contribution >= 0.6 is 0 Å². The molecule has 0 aliphatic carbocycles. The third-order valence-electron chi connectivity index (χ3n) is 3.50. The van der Waals surface area contributed by atoms with E-state index in [4.69, 9.17) is 5.73 Å². The molecule has 1 saturated heterocycles. The molecule has 2 heterocycles. The lowest BCUT2D eigenvalue weighted by atomic mass is 9.97. The Kier molecular flexibility index (Phi) is 3.61. The number of aromatic nitrogens is 2. The maximum Gasteiger partial charge on any atom is 0.0948 e.